The topological polar surface area (TPSA) is 74.3 Å². The molecule has 0 spiro atoms. The van der Waals surface area contributed by atoms with Crippen LogP contribution in [0.4, 0.5) is 0 Å². The summed E-state index contributed by atoms with van der Waals surface area (Å²) in [7, 11) is 1.98. The smallest absolute Gasteiger partial charge is 0.232 e. The maximum Gasteiger partial charge on any atom is 0.232 e. The monoisotopic (exact) mass is 259 g/mol. The fourth-order valence-corrected chi connectivity index (χ4v) is 2.30. The number of aryl methyl sites for hydroxylation is 4. The van der Waals surface area contributed by atoms with Gasteiger partial charge < -0.3 is 10.2 Å². The van der Waals surface area contributed by atoms with Crippen LogP contribution >= 0.6 is 0 Å². The summed E-state index contributed by atoms with van der Waals surface area (Å²) < 4.78 is 9.18. The van der Waals surface area contributed by atoms with E-state index in [1.165, 1.54) is 0 Å². The van der Waals surface area contributed by atoms with Gasteiger partial charge in [-0.3, -0.25) is 4.57 Å². The van der Waals surface area contributed by atoms with Crippen molar-refractivity contribution in [1.82, 2.24) is 19.2 Å². The van der Waals surface area contributed by atoms with Gasteiger partial charge in [-0.25, -0.2) is 4.98 Å². The third-order valence-corrected chi connectivity index (χ3v) is 3.40. The van der Waals surface area contributed by atoms with Crippen LogP contribution in [0.3, 0.4) is 0 Å². The highest BCUT2D eigenvalue weighted by molar-refractivity contribution is 5.36. The number of fused-ring (bicyclic) bond motifs is 1. The molecule has 3 rings (SSSR count). The van der Waals surface area contributed by atoms with Crippen LogP contribution in [0.1, 0.15) is 23.0 Å². The van der Waals surface area contributed by atoms with Crippen LogP contribution in [-0.4, -0.2) is 19.2 Å². The fourth-order valence-electron chi connectivity index (χ4n) is 2.30. The van der Waals surface area contributed by atoms with Gasteiger partial charge in [-0.2, -0.15) is 9.61 Å². The number of hydrogen-bond donors (Lipinski definition) is 1. The second-order valence-corrected chi connectivity index (χ2v) is 4.61. The van der Waals surface area contributed by atoms with Crippen molar-refractivity contribution in [1.29, 1.82) is 0 Å². The maximum absolute atomic E-state index is 5.75. The van der Waals surface area contributed by atoms with Gasteiger partial charge in [0.2, 0.25) is 5.78 Å². The summed E-state index contributed by atoms with van der Waals surface area (Å²) in [6, 6.07) is 3.87. The van der Waals surface area contributed by atoms with Crippen molar-refractivity contribution in [2.75, 3.05) is 0 Å². The molecular formula is C13H17N5O. The molecule has 2 N–H and O–H groups in total. The molecule has 100 valence electrons. The highest BCUT2D eigenvalue weighted by Gasteiger charge is 2.15. The summed E-state index contributed by atoms with van der Waals surface area (Å²) in [5.41, 5.74) is 7.66. The zero-order chi connectivity index (χ0) is 13.4. The minimum absolute atomic E-state index is 0.446. The van der Waals surface area contributed by atoms with Crippen LogP contribution in [0.5, 0.6) is 0 Å². The van der Waals surface area contributed by atoms with Crippen molar-refractivity contribution >= 4 is 5.78 Å². The Labute approximate surface area is 110 Å². The number of rotatable bonds is 4. The lowest BCUT2D eigenvalue weighted by atomic mass is 10.2. The van der Waals surface area contributed by atoms with E-state index < -0.39 is 0 Å². The average molecular weight is 259 g/mol. The summed E-state index contributed by atoms with van der Waals surface area (Å²) >= 11 is 0. The lowest BCUT2D eigenvalue weighted by molar-refractivity contribution is 0.504. The van der Waals surface area contributed by atoms with Crippen LogP contribution in [-0.2, 0) is 26.4 Å². The van der Waals surface area contributed by atoms with Gasteiger partial charge in [0, 0.05) is 26.4 Å². The number of aromatic nitrogens is 4. The molecule has 0 fully saturated rings. The second kappa shape index (κ2) is 4.55. The summed E-state index contributed by atoms with van der Waals surface area (Å²) in [5.74, 6) is 2.79. The Balaban J connectivity index is 1.92. The van der Waals surface area contributed by atoms with E-state index >= 15 is 0 Å². The summed E-state index contributed by atoms with van der Waals surface area (Å²) in [6.07, 6.45) is 3.34. The van der Waals surface area contributed by atoms with Gasteiger partial charge in [0.1, 0.15) is 11.6 Å². The molecular weight excluding hydrogens is 242 g/mol. The molecule has 0 radical (unpaired) electrons. The minimum Gasteiger partial charge on any atom is -0.469 e. The van der Waals surface area contributed by atoms with Gasteiger partial charge in [0.15, 0.2) is 0 Å². The minimum atomic E-state index is 0.446. The van der Waals surface area contributed by atoms with E-state index in [1.807, 2.05) is 35.2 Å². The lowest BCUT2D eigenvalue weighted by Gasteiger charge is -1.99. The average Bonchev–Trinajstić information content (AvgIpc) is 3.06. The molecule has 3 aromatic heterocycles. The number of furan rings is 1. The highest BCUT2D eigenvalue weighted by atomic mass is 16.3. The first-order valence-corrected chi connectivity index (χ1v) is 6.33. The van der Waals surface area contributed by atoms with E-state index in [2.05, 4.69) is 10.1 Å². The van der Waals surface area contributed by atoms with Gasteiger partial charge in [0.05, 0.1) is 17.7 Å². The van der Waals surface area contributed by atoms with Crippen molar-refractivity contribution in [2.24, 2.45) is 12.8 Å². The van der Waals surface area contributed by atoms with Gasteiger partial charge in [0.25, 0.3) is 0 Å². The van der Waals surface area contributed by atoms with Gasteiger partial charge in [-0.05, 0) is 19.1 Å². The number of imidazole rings is 1. The lowest BCUT2D eigenvalue weighted by Crippen LogP contribution is -2.04. The zero-order valence-corrected chi connectivity index (χ0v) is 11.1. The highest BCUT2D eigenvalue weighted by Crippen LogP contribution is 2.14. The van der Waals surface area contributed by atoms with E-state index in [-0.39, 0.29) is 0 Å². The molecule has 0 aliphatic heterocycles. The summed E-state index contributed by atoms with van der Waals surface area (Å²) in [6.45, 7) is 2.40. The largest absolute Gasteiger partial charge is 0.469 e. The van der Waals surface area contributed by atoms with Crippen LogP contribution < -0.4 is 5.73 Å². The molecule has 0 saturated carbocycles. The predicted octanol–water partition coefficient (Wildman–Crippen LogP) is 1.21. The fraction of sp³-hybridized carbons (Fsp3) is 0.385. The molecule has 19 heavy (non-hydrogen) atoms. The normalized spacial score (nSPS) is 11.5. The van der Waals surface area contributed by atoms with Crippen molar-refractivity contribution in [3.63, 3.8) is 0 Å². The third-order valence-electron chi connectivity index (χ3n) is 3.40. The van der Waals surface area contributed by atoms with Crippen molar-refractivity contribution in [3.05, 3.63) is 41.4 Å². The van der Waals surface area contributed by atoms with E-state index in [9.17, 15) is 0 Å². The van der Waals surface area contributed by atoms with Crippen LogP contribution in [0.2, 0.25) is 0 Å². The first kappa shape index (κ1) is 12.0. The molecule has 0 unspecified atom stereocenters. The maximum atomic E-state index is 5.75. The molecule has 6 nitrogen and oxygen atoms in total. The third kappa shape index (κ3) is 1.94. The second-order valence-electron chi connectivity index (χ2n) is 4.61. The molecule has 3 heterocycles. The van der Waals surface area contributed by atoms with Gasteiger partial charge in [-0.1, -0.05) is 0 Å². The Hall–Kier alpha value is -2.08. The van der Waals surface area contributed by atoms with Crippen molar-refractivity contribution in [2.45, 2.75) is 26.3 Å². The Morgan fingerprint density at radius 1 is 1.37 bits per heavy atom. The standard InChI is InChI=1S/C13H17N5O/c1-9-11(8-14)18-13(15-9)17(2)12(16-18)6-5-10-4-3-7-19-10/h3-4,7H,5-6,8,14H2,1-2H3. The molecule has 0 aliphatic rings. The molecule has 6 heteroatoms. The number of nitrogens with zero attached hydrogens (tertiary/aromatic N) is 4. The molecule has 0 atom stereocenters. The van der Waals surface area contributed by atoms with E-state index in [0.717, 1.165) is 41.6 Å². The Bertz CT molecular complexity index is 692. The van der Waals surface area contributed by atoms with E-state index in [4.69, 9.17) is 10.2 Å². The van der Waals surface area contributed by atoms with E-state index in [0.29, 0.717) is 6.54 Å². The zero-order valence-electron chi connectivity index (χ0n) is 11.1. The van der Waals surface area contributed by atoms with Crippen LogP contribution in [0, 0.1) is 6.92 Å². The van der Waals surface area contributed by atoms with Crippen molar-refractivity contribution < 1.29 is 4.42 Å². The molecule has 0 aromatic carbocycles. The Morgan fingerprint density at radius 2 is 2.21 bits per heavy atom. The van der Waals surface area contributed by atoms with Crippen molar-refractivity contribution in [3.8, 4) is 0 Å². The number of hydrogen-bond acceptors (Lipinski definition) is 4. The quantitative estimate of drug-likeness (QED) is 0.764. The van der Waals surface area contributed by atoms with Gasteiger partial charge >= 0.3 is 0 Å². The first-order valence-electron chi connectivity index (χ1n) is 6.33. The SMILES string of the molecule is Cc1nc2n(C)c(CCc3ccco3)nn2c1CN. The summed E-state index contributed by atoms with van der Waals surface area (Å²) in [5, 5.41) is 4.60. The first-order chi connectivity index (χ1) is 9.20. The molecule has 0 bridgehead atoms. The van der Waals surface area contributed by atoms with Crippen LogP contribution in [0.25, 0.3) is 5.78 Å². The predicted molar refractivity (Wildman–Crippen MR) is 70.7 cm³/mol. The van der Waals surface area contributed by atoms with Gasteiger partial charge in [-0.15, -0.1) is 0 Å². The molecule has 0 amide bonds. The number of nitrogens with two attached hydrogens (primary N) is 1. The van der Waals surface area contributed by atoms with E-state index in [1.54, 1.807) is 6.26 Å². The Kier molecular flexibility index (Phi) is 2.87. The molecule has 0 saturated heterocycles. The molecule has 0 aliphatic carbocycles. The Morgan fingerprint density at radius 3 is 2.89 bits per heavy atom. The molecule has 3 aromatic rings. The van der Waals surface area contributed by atoms with Crippen LogP contribution in [0.15, 0.2) is 22.8 Å². The summed E-state index contributed by atoms with van der Waals surface area (Å²) in [4.78, 5) is 4.51.